The zero-order valence-electron chi connectivity index (χ0n) is 20.2. The van der Waals surface area contributed by atoms with Crippen LogP contribution < -0.4 is 0 Å². The lowest BCUT2D eigenvalue weighted by molar-refractivity contribution is 0.518. The summed E-state index contributed by atoms with van der Waals surface area (Å²) in [6.45, 7) is 7.74. The Morgan fingerprint density at radius 2 is 0.586 bits per heavy atom. The van der Waals surface area contributed by atoms with E-state index < -0.39 is 0 Å². The summed E-state index contributed by atoms with van der Waals surface area (Å²) in [6.07, 6.45) is 39.8. The van der Waals surface area contributed by atoms with E-state index in [9.17, 15) is 0 Å². The molecule has 0 aliphatic heterocycles. The van der Waals surface area contributed by atoms with Crippen LogP contribution in [-0.2, 0) is 0 Å². The van der Waals surface area contributed by atoms with Crippen molar-refractivity contribution in [1.29, 1.82) is 0 Å². The lowest BCUT2D eigenvalue weighted by atomic mass is 10.0. The molecule has 0 aromatic rings. The molecule has 0 fully saturated rings. The largest absolute Gasteiger partial charge is 0.0885 e. The van der Waals surface area contributed by atoms with Crippen molar-refractivity contribution >= 4 is 0 Å². The maximum absolute atomic E-state index is 3.91. The van der Waals surface area contributed by atoms with Crippen LogP contribution in [0.25, 0.3) is 0 Å². The van der Waals surface area contributed by atoms with Gasteiger partial charge in [-0.05, 0) is 26.2 Å². The quantitative estimate of drug-likeness (QED) is 0.105. The monoisotopic (exact) mass is 404 g/mol. The molecule has 0 atom stereocenters. The third-order valence-corrected chi connectivity index (χ3v) is 6.20. The first-order chi connectivity index (χ1) is 14.4. The van der Waals surface area contributed by atoms with Gasteiger partial charge in [0.1, 0.15) is 0 Å². The van der Waals surface area contributed by atoms with Crippen molar-refractivity contribution < 1.29 is 0 Å². The molecule has 172 valence electrons. The summed E-state index contributed by atoms with van der Waals surface area (Å²) in [6, 6.07) is 0. The van der Waals surface area contributed by atoms with E-state index in [1.165, 1.54) is 148 Å². The van der Waals surface area contributed by atoms with Crippen LogP contribution in [0.2, 0.25) is 0 Å². The Labute approximate surface area is 186 Å². The SMILES string of the molecule is [CH2]C/C=C/CCCCCCCCCCCCCCCCCCCCCCCC[CH2]. The van der Waals surface area contributed by atoms with E-state index >= 15 is 0 Å². The fraction of sp³-hybridized carbons (Fsp3) is 0.862. The molecule has 0 aromatic carbocycles. The standard InChI is InChI=1S/C29H56/c1-3-5-7-9-11-13-15-17-19-21-23-25-27-29-28-26-24-22-20-18-16-14-12-10-8-6-4-2/h5,7H,1-4,6,8-29H2/b7-5+. The molecule has 0 N–H and O–H groups in total. The van der Waals surface area contributed by atoms with Gasteiger partial charge < -0.3 is 0 Å². The highest BCUT2D eigenvalue weighted by molar-refractivity contribution is 4.81. The molecule has 29 heavy (non-hydrogen) atoms. The van der Waals surface area contributed by atoms with Gasteiger partial charge in [0.05, 0.1) is 0 Å². The molecule has 0 rings (SSSR count). The van der Waals surface area contributed by atoms with Gasteiger partial charge in [0, 0.05) is 0 Å². The molecule has 0 aliphatic rings. The molecular weight excluding hydrogens is 348 g/mol. The summed E-state index contributed by atoms with van der Waals surface area (Å²) in [5.74, 6) is 0. The van der Waals surface area contributed by atoms with Crippen molar-refractivity contribution in [3.05, 3.63) is 26.0 Å². The molecule has 0 heteroatoms. The first-order valence-electron chi connectivity index (χ1n) is 13.6. The Morgan fingerprint density at radius 3 is 0.862 bits per heavy atom. The van der Waals surface area contributed by atoms with E-state index in [0.29, 0.717) is 0 Å². The smallest absolute Gasteiger partial charge is 0.0351 e. The molecule has 0 aromatic heterocycles. The summed E-state index contributed by atoms with van der Waals surface area (Å²) >= 11 is 0. The Bertz CT molecular complexity index is 290. The summed E-state index contributed by atoms with van der Waals surface area (Å²) in [4.78, 5) is 0. The topological polar surface area (TPSA) is 0 Å². The number of allylic oxidation sites excluding steroid dienone is 2. The maximum atomic E-state index is 3.91. The lowest BCUT2D eigenvalue weighted by Crippen LogP contribution is -1.84. The molecule has 0 saturated carbocycles. The minimum absolute atomic E-state index is 0.943. The highest BCUT2D eigenvalue weighted by Crippen LogP contribution is 2.15. The van der Waals surface area contributed by atoms with E-state index in [2.05, 4.69) is 26.0 Å². The molecule has 0 bridgehead atoms. The van der Waals surface area contributed by atoms with Gasteiger partial charge in [-0.1, -0.05) is 160 Å². The third kappa shape index (κ3) is 27.7. The second kappa shape index (κ2) is 27.7. The predicted molar refractivity (Wildman–Crippen MR) is 135 cm³/mol. The van der Waals surface area contributed by atoms with Gasteiger partial charge >= 0.3 is 0 Å². The Kier molecular flexibility index (Phi) is 27.5. The zero-order valence-corrected chi connectivity index (χ0v) is 20.2. The van der Waals surface area contributed by atoms with E-state index in [-0.39, 0.29) is 0 Å². The van der Waals surface area contributed by atoms with Crippen molar-refractivity contribution in [2.24, 2.45) is 0 Å². The van der Waals surface area contributed by atoms with Crippen molar-refractivity contribution in [3.8, 4) is 0 Å². The second-order valence-electron chi connectivity index (χ2n) is 9.18. The molecule has 0 unspecified atom stereocenters. The van der Waals surface area contributed by atoms with Crippen LogP contribution in [0.5, 0.6) is 0 Å². The van der Waals surface area contributed by atoms with Gasteiger partial charge in [-0.2, -0.15) is 0 Å². The van der Waals surface area contributed by atoms with Crippen molar-refractivity contribution in [2.45, 2.75) is 161 Å². The molecule has 2 radical (unpaired) electrons. The van der Waals surface area contributed by atoms with Crippen LogP contribution in [0.1, 0.15) is 161 Å². The van der Waals surface area contributed by atoms with Crippen LogP contribution in [0, 0.1) is 13.8 Å². The highest BCUT2D eigenvalue weighted by Gasteiger charge is 1.95. The van der Waals surface area contributed by atoms with Gasteiger partial charge in [-0.15, -0.1) is 0 Å². The Balaban J connectivity index is 2.99. The van der Waals surface area contributed by atoms with Gasteiger partial charge in [0.2, 0.25) is 0 Å². The number of unbranched alkanes of at least 4 members (excludes halogenated alkanes) is 23. The molecule has 0 amide bonds. The maximum Gasteiger partial charge on any atom is -0.0351 e. The first-order valence-corrected chi connectivity index (χ1v) is 13.6. The Morgan fingerprint density at radius 1 is 0.310 bits per heavy atom. The van der Waals surface area contributed by atoms with Crippen LogP contribution >= 0.6 is 0 Å². The van der Waals surface area contributed by atoms with Crippen molar-refractivity contribution in [2.75, 3.05) is 0 Å². The van der Waals surface area contributed by atoms with Crippen molar-refractivity contribution in [3.63, 3.8) is 0 Å². The third-order valence-electron chi connectivity index (χ3n) is 6.20. The average molecular weight is 405 g/mol. The van der Waals surface area contributed by atoms with E-state index in [4.69, 9.17) is 0 Å². The molecule has 0 nitrogen and oxygen atoms in total. The highest BCUT2D eigenvalue weighted by atomic mass is 14.0. The molecule has 0 spiro atoms. The second-order valence-corrected chi connectivity index (χ2v) is 9.18. The molecule has 0 saturated heterocycles. The Hall–Kier alpha value is -0.260. The van der Waals surface area contributed by atoms with E-state index in [1.807, 2.05) is 0 Å². The van der Waals surface area contributed by atoms with Crippen LogP contribution in [0.3, 0.4) is 0 Å². The minimum atomic E-state index is 0.943. The first kappa shape index (κ1) is 28.7. The van der Waals surface area contributed by atoms with E-state index in [1.54, 1.807) is 0 Å². The molecule has 0 heterocycles. The summed E-state index contributed by atoms with van der Waals surface area (Å²) < 4.78 is 0. The summed E-state index contributed by atoms with van der Waals surface area (Å²) in [5, 5.41) is 0. The van der Waals surface area contributed by atoms with Gasteiger partial charge in [-0.3, -0.25) is 0 Å². The minimum Gasteiger partial charge on any atom is -0.0885 e. The van der Waals surface area contributed by atoms with Crippen LogP contribution in [0.4, 0.5) is 0 Å². The van der Waals surface area contributed by atoms with Crippen molar-refractivity contribution in [1.82, 2.24) is 0 Å². The lowest BCUT2D eigenvalue weighted by Gasteiger charge is -2.04. The van der Waals surface area contributed by atoms with E-state index in [0.717, 1.165) is 12.8 Å². The predicted octanol–water partition coefficient (Wildman–Crippen LogP) is 11.0. The normalized spacial score (nSPS) is 11.7. The average Bonchev–Trinajstić information content (AvgIpc) is 2.74. The molecule has 0 aliphatic carbocycles. The van der Waals surface area contributed by atoms with Crippen LogP contribution in [0.15, 0.2) is 12.2 Å². The van der Waals surface area contributed by atoms with Gasteiger partial charge in [-0.25, -0.2) is 0 Å². The summed E-state index contributed by atoms with van der Waals surface area (Å²) in [7, 11) is 0. The fourth-order valence-corrected chi connectivity index (χ4v) is 4.21. The molecular formula is C29H56. The van der Waals surface area contributed by atoms with Crippen LogP contribution in [-0.4, -0.2) is 0 Å². The number of hydrogen-bond acceptors (Lipinski definition) is 0. The number of rotatable bonds is 25. The van der Waals surface area contributed by atoms with Gasteiger partial charge in [0.15, 0.2) is 0 Å². The number of hydrogen-bond donors (Lipinski definition) is 0. The van der Waals surface area contributed by atoms with Gasteiger partial charge in [0.25, 0.3) is 0 Å². The summed E-state index contributed by atoms with van der Waals surface area (Å²) in [5.41, 5.74) is 0. The zero-order chi connectivity index (χ0) is 21.1. The fourth-order valence-electron chi connectivity index (χ4n) is 4.21.